The quantitative estimate of drug-likeness (QED) is 0.793. The first-order chi connectivity index (χ1) is 12.0. The summed E-state index contributed by atoms with van der Waals surface area (Å²) < 4.78 is 32.8. The highest BCUT2D eigenvalue weighted by molar-refractivity contribution is 7.92. The number of halogens is 1. The molecule has 0 aliphatic heterocycles. The maximum atomic E-state index is 12.6. The number of aromatic nitrogens is 1. The Balaban J connectivity index is 1.75. The highest BCUT2D eigenvalue weighted by Gasteiger charge is 2.20. The molecule has 0 atom stereocenters. The molecule has 1 fully saturated rings. The molecule has 0 radical (unpaired) electrons. The molecule has 2 N–H and O–H groups in total. The van der Waals surface area contributed by atoms with Crippen molar-refractivity contribution in [1.29, 1.82) is 0 Å². The van der Waals surface area contributed by atoms with Gasteiger partial charge in [-0.2, -0.15) is 0 Å². The van der Waals surface area contributed by atoms with Crippen LogP contribution >= 0.6 is 11.6 Å². The number of methoxy groups -OCH3 is 1. The average Bonchev–Trinajstić information content (AvgIpc) is 3.09. The fourth-order valence-electron chi connectivity index (χ4n) is 2.89. The molecule has 134 valence electrons. The summed E-state index contributed by atoms with van der Waals surface area (Å²) in [6.45, 7) is 0. The number of rotatable bonds is 6. The summed E-state index contributed by atoms with van der Waals surface area (Å²) in [5, 5.41) is 3.68. The Hall–Kier alpha value is -1.99. The number of pyridine rings is 1. The van der Waals surface area contributed by atoms with Gasteiger partial charge in [-0.05, 0) is 43.2 Å². The minimum absolute atomic E-state index is 0.0179. The van der Waals surface area contributed by atoms with Crippen molar-refractivity contribution in [1.82, 2.24) is 4.98 Å². The van der Waals surface area contributed by atoms with E-state index in [0.717, 1.165) is 18.7 Å². The molecular formula is C17H20ClN3O3S. The van der Waals surface area contributed by atoms with Crippen LogP contribution in [0, 0.1) is 0 Å². The van der Waals surface area contributed by atoms with Crippen molar-refractivity contribution in [3.05, 3.63) is 41.6 Å². The molecule has 6 nitrogen and oxygen atoms in total. The highest BCUT2D eigenvalue weighted by Crippen LogP contribution is 2.29. The van der Waals surface area contributed by atoms with Crippen LogP contribution in [0.5, 0.6) is 5.75 Å². The lowest BCUT2D eigenvalue weighted by molar-refractivity contribution is 0.403. The number of nitrogens with zero attached hydrogens (tertiary/aromatic N) is 1. The molecule has 0 bridgehead atoms. The molecular weight excluding hydrogens is 362 g/mol. The third kappa shape index (κ3) is 4.35. The summed E-state index contributed by atoms with van der Waals surface area (Å²) in [4.78, 5) is 4.27. The molecule has 0 spiro atoms. The lowest BCUT2D eigenvalue weighted by Gasteiger charge is -2.14. The van der Waals surface area contributed by atoms with Gasteiger partial charge in [0.25, 0.3) is 10.0 Å². The summed E-state index contributed by atoms with van der Waals surface area (Å²) in [5.74, 6) is 0.972. The van der Waals surface area contributed by atoms with Gasteiger partial charge in [-0.15, -0.1) is 0 Å². The molecule has 25 heavy (non-hydrogen) atoms. The Bertz CT molecular complexity index is 835. The molecule has 1 aromatic heterocycles. The lowest BCUT2D eigenvalue weighted by Crippen LogP contribution is -2.16. The minimum atomic E-state index is -3.83. The van der Waals surface area contributed by atoms with Gasteiger partial charge in [-0.3, -0.25) is 4.72 Å². The molecule has 1 heterocycles. The topological polar surface area (TPSA) is 80.3 Å². The van der Waals surface area contributed by atoms with E-state index in [1.54, 1.807) is 18.2 Å². The molecule has 1 aromatic carbocycles. The van der Waals surface area contributed by atoms with Gasteiger partial charge in [-0.25, -0.2) is 13.4 Å². The van der Waals surface area contributed by atoms with Crippen molar-refractivity contribution >= 4 is 33.1 Å². The number of nitrogens with one attached hydrogen (secondary N) is 2. The zero-order valence-corrected chi connectivity index (χ0v) is 15.4. The molecule has 3 rings (SSSR count). The van der Waals surface area contributed by atoms with Crippen LogP contribution in [0.25, 0.3) is 0 Å². The molecule has 0 saturated heterocycles. The summed E-state index contributed by atoms with van der Waals surface area (Å²) in [5.41, 5.74) is 0.374. The summed E-state index contributed by atoms with van der Waals surface area (Å²) in [6, 6.07) is 8.34. The van der Waals surface area contributed by atoms with Crippen LogP contribution in [0.4, 0.5) is 11.5 Å². The average molecular weight is 382 g/mol. The van der Waals surface area contributed by atoms with Gasteiger partial charge in [0.1, 0.15) is 16.5 Å². The molecule has 1 aliphatic rings. The predicted molar refractivity (Wildman–Crippen MR) is 98.9 cm³/mol. The van der Waals surface area contributed by atoms with E-state index in [9.17, 15) is 8.42 Å². The van der Waals surface area contributed by atoms with Gasteiger partial charge in [0.05, 0.1) is 19.0 Å². The van der Waals surface area contributed by atoms with Gasteiger partial charge >= 0.3 is 0 Å². The molecule has 2 aromatic rings. The van der Waals surface area contributed by atoms with Crippen LogP contribution in [0.1, 0.15) is 25.7 Å². The zero-order chi connectivity index (χ0) is 17.9. The van der Waals surface area contributed by atoms with Crippen molar-refractivity contribution in [2.45, 2.75) is 36.6 Å². The van der Waals surface area contributed by atoms with Gasteiger partial charge in [-0.1, -0.05) is 24.4 Å². The number of anilines is 2. The van der Waals surface area contributed by atoms with E-state index >= 15 is 0 Å². The fraction of sp³-hybridized carbons (Fsp3) is 0.353. The second-order valence-corrected chi connectivity index (χ2v) is 8.05. The summed E-state index contributed by atoms with van der Waals surface area (Å²) >= 11 is 5.92. The largest absolute Gasteiger partial charge is 0.495 e. The van der Waals surface area contributed by atoms with E-state index in [4.69, 9.17) is 16.3 Å². The van der Waals surface area contributed by atoms with Crippen LogP contribution in [0.2, 0.25) is 5.02 Å². The van der Waals surface area contributed by atoms with Crippen LogP contribution < -0.4 is 14.8 Å². The summed E-state index contributed by atoms with van der Waals surface area (Å²) in [7, 11) is -2.42. The molecule has 0 amide bonds. The monoisotopic (exact) mass is 381 g/mol. The molecule has 0 unspecified atom stereocenters. The minimum Gasteiger partial charge on any atom is -0.495 e. The highest BCUT2D eigenvalue weighted by atomic mass is 35.5. The first-order valence-electron chi connectivity index (χ1n) is 8.07. The van der Waals surface area contributed by atoms with Gasteiger partial charge in [0.15, 0.2) is 0 Å². The smallest absolute Gasteiger partial charge is 0.265 e. The SMILES string of the molecule is COc1ccc(Cl)cc1S(=O)(=O)Nc1ccc(NC2CCCC2)nc1. The van der Waals surface area contributed by atoms with Gasteiger partial charge in [0, 0.05) is 11.1 Å². The van der Waals surface area contributed by atoms with Crippen molar-refractivity contribution in [3.63, 3.8) is 0 Å². The van der Waals surface area contributed by atoms with Gasteiger partial charge in [0.2, 0.25) is 0 Å². The number of sulfonamides is 1. The van der Waals surface area contributed by atoms with Crippen molar-refractivity contribution in [2.24, 2.45) is 0 Å². The maximum Gasteiger partial charge on any atom is 0.265 e. The Kier molecular flexibility index (Phi) is 5.34. The van der Waals surface area contributed by atoms with E-state index in [2.05, 4.69) is 15.0 Å². The van der Waals surface area contributed by atoms with E-state index in [-0.39, 0.29) is 10.6 Å². The van der Waals surface area contributed by atoms with Crippen LogP contribution in [0.15, 0.2) is 41.4 Å². The van der Waals surface area contributed by atoms with Crippen LogP contribution in [-0.4, -0.2) is 26.6 Å². The van der Waals surface area contributed by atoms with E-state index < -0.39 is 10.0 Å². The standard InChI is InChI=1S/C17H20ClN3O3S/c1-24-15-8-6-12(18)10-16(15)25(22,23)21-14-7-9-17(19-11-14)20-13-4-2-3-5-13/h6-11,13,21H,2-5H2,1H3,(H,19,20). The third-order valence-corrected chi connectivity index (χ3v) is 5.78. The van der Waals surface area contributed by atoms with Gasteiger partial charge < -0.3 is 10.1 Å². The molecule has 8 heteroatoms. The predicted octanol–water partition coefficient (Wildman–Crippen LogP) is 3.90. The maximum absolute atomic E-state index is 12.6. The number of ether oxygens (including phenoxy) is 1. The Morgan fingerprint density at radius 3 is 2.60 bits per heavy atom. The molecule has 1 aliphatic carbocycles. The first kappa shape index (κ1) is 17.8. The van der Waals surface area contributed by atoms with Crippen molar-refractivity contribution in [2.75, 3.05) is 17.1 Å². The van der Waals surface area contributed by atoms with Crippen LogP contribution in [-0.2, 0) is 10.0 Å². The fourth-order valence-corrected chi connectivity index (χ4v) is 4.37. The Morgan fingerprint density at radius 2 is 1.96 bits per heavy atom. The second-order valence-electron chi connectivity index (χ2n) is 5.96. The number of hydrogen-bond acceptors (Lipinski definition) is 5. The number of benzene rings is 1. The lowest BCUT2D eigenvalue weighted by atomic mass is 10.2. The Labute approximate surface area is 152 Å². The van der Waals surface area contributed by atoms with Crippen molar-refractivity contribution in [3.8, 4) is 5.75 Å². The van der Waals surface area contributed by atoms with E-state index in [1.807, 2.05) is 0 Å². The first-order valence-corrected chi connectivity index (χ1v) is 9.93. The van der Waals surface area contributed by atoms with Crippen molar-refractivity contribution < 1.29 is 13.2 Å². The summed E-state index contributed by atoms with van der Waals surface area (Å²) in [6.07, 6.45) is 6.25. The second kappa shape index (κ2) is 7.49. The van der Waals surface area contributed by atoms with Crippen LogP contribution in [0.3, 0.4) is 0 Å². The van der Waals surface area contributed by atoms with E-state index in [1.165, 1.54) is 38.3 Å². The zero-order valence-electron chi connectivity index (χ0n) is 13.8. The molecule has 1 saturated carbocycles. The third-order valence-electron chi connectivity index (χ3n) is 4.14. The van der Waals surface area contributed by atoms with E-state index in [0.29, 0.717) is 16.8 Å². The Morgan fingerprint density at radius 1 is 1.20 bits per heavy atom. The number of hydrogen-bond donors (Lipinski definition) is 2. The normalized spacial score (nSPS) is 15.1.